The van der Waals surface area contributed by atoms with E-state index < -0.39 is 23.1 Å². The second kappa shape index (κ2) is 4.84. The van der Waals surface area contributed by atoms with Gasteiger partial charge in [-0.3, -0.25) is 0 Å². The molecule has 0 amide bonds. The van der Waals surface area contributed by atoms with E-state index in [-0.39, 0.29) is 5.56 Å². The highest BCUT2D eigenvalue weighted by Gasteiger charge is 2.34. The van der Waals surface area contributed by atoms with Crippen LogP contribution in [0.3, 0.4) is 0 Å². The number of hydrogen-bond donors (Lipinski definition) is 1. The molecule has 0 unspecified atom stereocenters. The summed E-state index contributed by atoms with van der Waals surface area (Å²) in [7, 11) is 0. The zero-order valence-corrected chi connectivity index (χ0v) is 9.63. The highest BCUT2D eigenvalue weighted by molar-refractivity contribution is 5.81. The van der Waals surface area contributed by atoms with Gasteiger partial charge < -0.3 is 5.41 Å². The Labute approximate surface area is 107 Å². The van der Waals surface area contributed by atoms with Gasteiger partial charge in [-0.2, -0.15) is 13.2 Å². The van der Waals surface area contributed by atoms with Crippen LogP contribution in [0.15, 0.2) is 42.5 Å². The van der Waals surface area contributed by atoms with E-state index in [0.29, 0.717) is 5.56 Å². The van der Waals surface area contributed by atoms with Gasteiger partial charge in [0.15, 0.2) is 0 Å². The SMILES string of the molecule is N=Cc1cccc(-c2c(F)cccc2C(F)(F)F)c1. The Morgan fingerprint density at radius 2 is 1.68 bits per heavy atom. The van der Waals surface area contributed by atoms with Crippen molar-refractivity contribution in [1.82, 2.24) is 0 Å². The van der Waals surface area contributed by atoms with Gasteiger partial charge in [0.1, 0.15) is 5.82 Å². The van der Waals surface area contributed by atoms with Crippen LogP contribution in [0.1, 0.15) is 11.1 Å². The first-order chi connectivity index (χ1) is 8.93. The summed E-state index contributed by atoms with van der Waals surface area (Å²) in [5.41, 5.74) is -0.992. The molecule has 0 heterocycles. The minimum absolute atomic E-state index is 0.103. The summed E-state index contributed by atoms with van der Waals surface area (Å²) >= 11 is 0. The average Bonchev–Trinajstić information content (AvgIpc) is 2.37. The molecule has 5 heteroatoms. The molecule has 0 aliphatic carbocycles. The third-order valence-electron chi connectivity index (χ3n) is 2.66. The van der Waals surface area contributed by atoms with Crippen molar-refractivity contribution < 1.29 is 17.6 Å². The number of rotatable bonds is 2. The second-order valence-corrected chi connectivity index (χ2v) is 3.93. The van der Waals surface area contributed by atoms with Crippen molar-refractivity contribution in [3.63, 3.8) is 0 Å². The summed E-state index contributed by atoms with van der Waals surface area (Å²) in [5.74, 6) is -0.933. The lowest BCUT2D eigenvalue weighted by Gasteiger charge is -2.14. The minimum atomic E-state index is -4.63. The van der Waals surface area contributed by atoms with Gasteiger partial charge >= 0.3 is 6.18 Å². The van der Waals surface area contributed by atoms with E-state index in [9.17, 15) is 17.6 Å². The fraction of sp³-hybridized carbons (Fsp3) is 0.0714. The number of benzene rings is 2. The van der Waals surface area contributed by atoms with Crippen LogP contribution in [0.4, 0.5) is 17.6 Å². The summed E-state index contributed by atoms with van der Waals surface area (Å²) in [5, 5.41) is 7.09. The fourth-order valence-electron chi connectivity index (χ4n) is 1.84. The molecule has 0 aliphatic rings. The number of halogens is 4. The smallest absolute Gasteiger partial charge is 0.308 e. The van der Waals surface area contributed by atoms with E-state index in [1.54, 1.807) is 6.07 Å². The summed E-state index contributed by atoms with van der Waals surface area (Å²) < 4.78 is 52.4. The normalized spacial score (nSPS) is 11.4. The monoisotopic (exact) mass is 267 g/mol. The van der Waals surface area contributed by atoms with Crippen molar-refractivity contribution in [3.05, 3.63) is 59.4 Å². The van der Waals surface area contributed by atoms with Crippen LogP contribution in [0.5, 0.6) is 0 Å². The topological polar surface area (TPSA) is 23.9 Å². The van der Waals surface area contributed by atoms with Gasteiger partial charge in [0, 0.05) is 11.8 Å². The van der Waals surface area contributed by atoms with E-state index >= 15 is 0 Å². The summed E-state index contributed by atoms with van der Waals surface area (Å²) in [6, 6.07) is 8.65. The van der Waals surface area contributed by atoms with Gasteiger partial charge in [-0.1, -0.05) is 24.3 Å². The Balaban J connectivity index is 2.70. The van der Waals surface area contributed by atoms with Crippen LogP contribution >= 0.6 is 0 Å². The first kappa shape index (κ1) is 13.3. The maximum atomic E-state index is 13.7. The summed E-state index contributed by atoms with van der Waals surface area (Å²) in [6.07, 6.45) is -3.63. The molecule has 0 saturated heterocycles. The lowest BCUT2D eigenvalue weighted by Crippen LogP contribution is -2.08. The standard InChI is InChI=1S/C14H9F4N/c15-12-6-2-5-11(14(16,17)18)13(12)10-4-1-3-9(7-10)8-19/h1-8,19H. The molecule has 1 nitrogen and oxygen atoms in total. The first-order valence-corrected chi connectivity index (χ1v) is 5.40. The maximum absolute atomic E-state index is 13.7. The van der Waals surface area contributed by atoms with Crippen molar-refractivity contribution >= 4 is 6.21 Å². The number of nitrogens with one attached hydrogen (secondary N) is 1. The molecule has 2 aromatic carbocycles. The predicted octanol–water partition coefficient (Wildman–Crippen LogP) is 4.51. The molecule has 0 atom stereocenters. The maximum Gasteiger partial charge on any atom is 0.417 e. The molecule has 19 heavy (non-hydrogen) atoms. The van der Waals surface area contributed by atoms with Gasteiger partial charge in [-0.15, -0.1) is 0 Å². The van der Waals surface area contributed by atoms with E-state index in [4.69, 9.17) is 5.41 Å². The molecule has 1 N–H and O–H groups in total. The third-order valence-corrected chi connectivity index (χ3v) is 2.66. The summed E-state index contributed by atoms with van der Waals surface area (Å²) in [6.45, 7) is 0. The van der Waals surface area contributed by atoms with E-state index in [0.717, 1.165) is 24.4 Å². The molecular formula is C14H9F4N. The van der Waals surface area contributed by atoms with Crippen LogP contribution in [-0.4, -0.2) is 6.21 Å². The molecule has 0 radical (unpaired) electrons. The molecule has 0 saturated carbocycles. The van der Waals surface area contributed by atoms with Crippen LogP contribution in [-0.2, 0) is 6.18 Å². The molecule has 0 fully saturated rings. The predicted molar refractivity (Wildman–Crippen MR) is 64.7 cm³/mol. The zero-order chi connectivity index (χ0) is 14.0. The molecule has 2 rings (SSSR count). The Bertz CT molecular complexity index is 617. The van der Waals surface area contributed by atoms with E-state index in [1.807, 2.05) is 0 Å². The first-order valence-electron chi connectivity index (χ1n) is 5.40. The molecule has 98 valence electrons. The van der Waals surface area contributed by atoms with E-state index in [2.05, 4.69) is 0 Å². The molecule has 0 bridgehead atoms. The highest BCUT2D eigenvalue weighted by Crippen LogP contribution is 2.38. The van der Waals surface area contributed by atoms with E-state index in [1.165, 1.54) is 18.2 Å². The lowest BCUT2D eigenvalue weighted by molar-refractivity contribution is -0.137. The Kier molecular flexibility index (Phi) is 3.38. The Hall–Kier alpha value is -2.17. The quantitative estimate of drug-likeness (QED) is 0.611. The highest BCUT2D eigenvalue weighted by atomic mass is 19.4. The van der Waals surface area contributed by atoms with Gasteiger partial charge in [0.2, 0.25) is 0 Å². The van der Waals surface area contributed by atoms with Crippen LogP contribution in [0, 0.1) is 11.2 Å². The molecular weight excluding hydrogens is 258 g/mol. The van der Waals surface area contributed by atoms with Crippen molar-refractivity contribution in [1.29, 1.82) is 5.41 Å². The molecule has 0 aliphatic heterocycles. The number of hydrogen-bond acceptors (Lipinski definition) is 1. The fourth-order valence-corrected chi connectivity index (χ4v) is 1.84. The van der Waals surface area contributed by atoms with Crippen molar-refractivity contribution in [2.24, 2.45) is 0 Å². The average molecular weight is 267 g/mol. The van der Waals surface area contributed by atoms with Gasteiger partial charge in [0.05, 0.1) is 5.56 Å². The van der Waals surface area contributed by atoms with Crippen molar-refractivity contribution in [3.8, 4) is 11.1 Å². The number of alkyl halides is 3. The van der Waals surface area contributed by atoms with Crippen molar-refractivity contribution in [2.75, 3.05) is 0 Å². The zero-order valence-electron chi connectivity index (χ0n) is 9.63. The van der Waals surface area contributed by atoms with Gasteiger partial charge in [-0.05, 0) is 29.3 Å². The Morgan fingerprint density at radius 3 is 2.32 bits per heavy atom. The molecule has 0 aromatic heterocycles. The third kappa shape index (κ3) is 2.65. The van der Waals surface area contributed by atoms with Gasteiger partial charge in [0.25, 0.3) is 0 Å². The molecule has 0 spiro atoms. The minimum Gasteiger partial charge on any atom is -0.308 e. The van der Waals surface area contributed by atoms with Crippen molar-refractivity contribution in [2.45, 2.75) is 6.18 Å². The lowest BCUT2D eigenvalue weighted by atomic mass is 9.97. The Morgan fingerprint density at radius 1 is 1.00 bits per heavy atom. The largest absolute Gasteiger partial charge is 0.417 e. The summed E-state index contributed by atoms with van der Waals surface area (Å²) in [4.78, 5) is 0. The second-order valence-electron chi connectivity index (χ2n) is 3.93. The van der Waals surface area contributed by atoms with Crippen LogP contribution in [0.2, 0.25) is 0 Å². The van der Waals surface area contributed by atoms with Crippen LogP contribution in [0.25, 0.3) is 11.1 Å². The molecule has 2 aromatic rings. The van der Waals surface area contributed by atoms with Crippen LogP contribution < -0.4 is 0 Å². The van der Waals surface area contributed by atoms with Gasteiger partial charge in [-0.25, -0.2) is 4.39 Å².